The van der Waals surface area contributed by atoms with Crippen molar-refractivity contribution in [1.82, 2.24) is 4.90 Å². The van der Waals surface area contributed by atoms with Crippen LogP contribution in [0.5, 0.6) is 0 Å². The van der Waals surface area contributed by atoms with Gasteiger partial charge in [0.05, 0.1) is 0 Å². The second-order valence-corrected chi connectivity index (χ2v) is 3.37. The van der Waals surface area contributed by atoms with Gasteiger partial charge >= 0.3 is 0 Å². The van der Waals surface area contributed by atoms with E-state index in [0.29, 0.717) is 6.04 Å². The van der Waals surface area contributed by atoms with Crippen molar-refractivity contribution in [2.75, 3.05) is 6.54 Å². The van der Waals surface area contributed by atoms with Crippen molar-refractivity contribution in [3.63, 3.8) is 0 Å². The Hall–Kier alpha value is -0.790. The van der Waals surface area contributed by atoms with Crippen molar-refractivity contribution in [2.45, 2.75) is 39.2 Å². The fraction of sp³-hybridized carbons (Fsp3) is 0.700. The number of rotatable bonds is 3. The van der Waals surface area contributed by atoms with Crippen LogP contribution in [-0.2, 0) is 4.79 Å². The molecule has 0 fully saturated rings. The lowest BCUT2D eigenvalue weighted by Crippen LogP contribution is -2.40. The molecule has 0 aliphatic carbocycles. The van der Waals surface area contributed by atoms with Crippen LogP contribution in [0.2, 0.25) is 0 Å². The number of carbonyl (C=O) groups excluding carboxylic acids is 1. The second kappa shape index (κ2) is 4.29. The molecule has 1 amide bonds. The Labute approximate surface area is 74.2 Å². The molecule has 1 aliphatic rings. The summed E-state index contributed by atoms with van der Waals surface area (Å²) < 4.78 is 0. The third kappa shape index (κ3) is 2.10. The molecule has 1 heterocycles. The van der Waals surface area contributed by atoms with E-state index in [4.69, 9.17) is 0 Å². The number of nitrogens with zero attached hydrogens (tertiary/aromatic N) is 1. The first-order valence-corrected chi connectivity index (χ1v) is 4.73. The van der Waals surface area contributed by atoms with Crippen molar-refractivity contribution in [3.05, 3.63) is 12.2 Å². The fourth-order valence-electron chi connectivity index (χ4n) is 1.47. The predicted molar refractivity (Wildman–Crippen MR) is 49.8 cm³/mol. The van der Waals surface area contributed by atoms with Gasteiger partial charge in [0.2, 0.25) is 5.91 Å². The Kier molecular flexibility index (Phi) is 3.32. The zero-order valence-electron chi connectivity index (χ0n) is 7.92. The largest absolute Gasteiger partial charge is 0.336 e. The molecule has 2 nitrogen and oxygen atoms in total. The first-order chi connectivity index (χ1) is 5.75. The summed E-state index contributed by atoms with van der Waals surface area (Å²) >= 11 is 0. The molecule has 0 spiro atoms. The molecular formula is C10H17NO. The van der Waals surface area contributed by atoms with Gasteiger partial charge in [0.15, 0.2) is 0 Å². The van der Waals surface area contributed by atoms with E-state index >= 15 is 0 Å². The highest BCUT2D eigenvalue weighted by molar-refractivity contribution is 5.88. The number of amides is 1. The van der Waals surface area contributed by atoms with Crippen molar-refractivity contribution in [3.8, 4) is 0 Å². The lowest BCUT2D eigenvalue weighted by molar-refractivity contribution is -0.128. The summed E-state index contributed by atoms with van der Waals surface area (Å²) in [4.78, 5) is 13.3. The molecule has 0 aromatic rings. The van der Waals surface area contributed by atoms with Crippen LogP contribution in [0.4, 0.5) is 0 Å². The van der Waals surface area contributed by atoms with E-state index in [2.05, 4.69) is 13.8 Å². The molecule has 0 radical (unpaired) electrons. The van der Waals surface area contributed by atoms with Crippen LogP contribution in [0.25, 0.3) is 0 Å². The van der Waals surface area contributed by atoms with Gasteiger partial charge in [-0.1, -0.05) is 19.4 Å². The molecule has 1 atom stereocenters. The molecule has 0 saturated heterocycles. The SMILES string of the molecule is CCCCN1C(=O)C=CCC1C. The Morgan fingerprint density at radius 1 is 1.67 bits per heavy atom. The van der Waals surface area contributed by atoms with E-state index in [9.17, 15) is 4.79 Å². The quantitative estimate of drug-likeness (QED) is 0.629. The topological polar surface area (TPSA) is 20.3 Å². The minimum Gasteiger partial charge on any atom is -0.336 e. The lowest BCUT2D eigenvalue weighted by atomic mass is 10.1. The summed E-state index contributed by atoms with van der Waals surface area (Å²) in [6.07, 6.45) is 6.94. The minimum absolute atomic E-state index is 0.183. The lowest BCUT2D eigenvalue weighted by Gasteiger charge is -2.30. The molecule has 0 aromatic carbocycles. The maximum atomic E-state index is 11.3. The predicted octanol–water partition coefficient (Wildman–Crippen LogP) is 1.96. The summed E-state index contributed by atoms with van der Waals surface area (Å²) in [7, 11) is 0. The summed E-state index contributed by atoms with van der Waals surface area (Å²) in [6, 6.07) is 0.397. The van der Waals surface area contributed by atoms with Crippen LogP contribution in [0.15, 0.2) is 12.2 Å². The number of carbonyl (C=O) groups is 1. The molecule has 0 saturated carbocycles. The molecule has 1 aliphatic heterocycles. The molecule has 2 heteroatoms. The minimum atomic E-state index is 0.183. The van der Waals surface area contributed by atoms with Gasteiger partial charge in [0, 0.05) is 12.6 Å². The summed E-state index contributed by atoms with van der Waals surface area (Å²) in [5.74, 6) is 0.183. The zero-order valence-corrected chi connectivity index (χ0v) is 7.92. The third-order valence-corrected chi connectivity index (χ3v) is 2.31. The summed E-state index contributed by atoms with van der Waals surface area (Å²) in [5, 5.41) is 0. The Morgan fingerprint density at radius 3 is 3.00 bits per heavy atom. The van der Waals surface area contributed by atoms with Crippen molar-refractivity contribution < 1.29 is 4.79 Å². The highest BCUT2D eigenvalue weighted by atomic mass is 16.2. The van der Waals surface area contributed by atoms with Gasteiger partial charge in [-0.15, -0.1) is 0 Å². The molecule has 1 unspecified atom stereocenters. The summed E-state index contributed by atoms with van der Waals surface area (Å²) in [5.41, 5.74) is 0. The highest BCUT2D eigenvalue weighted by Gasteiger charge is 2.19. The number of hydrogen-bond acceptors (Lipinski definition) is 1. The van der Waals surface area contributed by atoms with Gasteiger partial charge in [0.25, 0.3) is 0 Å². The van der Waals surface area contributed by atoms with Crippen LogP contribution < -0.4 is 0 Å². The Bertz CT molecular complexity index is 186. The first kappa shape index (κ1) is 9.30. The van der Waals surface area contributed by atoms with Crippen LogP contribution >= 0.6 is 0 Å². The molecule has 12 heavy (non-hydrogen) atoms. The number of hydrogen-bond donors (Lipinski definition) is 0. The molecule has 0 bridgehead atoms. The molecule has 68 valence electrons. The van der Waals surface area contributed by atoms with E-state index in [0.717, 1.165) is 25.8 Å². The Balaban J connectivity index is 2.48. The smallest absolute Gasteiger partial charge is 0.246 e. The van der Waals surface area contributed by atoms with Gasteiger partial charge in [0.1, 0.15) is 0 Å². The van der Waals surface area contributed by atoms with E-state index in [1.807, 2.05) is 11.0 Å². The normalized spacial score (nSPS) is 23.3. The fourth-order valence-corrected chi connectivity index (χ4v) is 1.47. The van der Waals surface area contributed by atoms with Gasteiger partial charge in [-0.2, -0.15) is 0 Å². The van der Waals surface area contributed by atoms with E-state index < -0.39 is 0 Å². The standard InChI is InChI=1S/C10H17NO/c1-3-4-8-11-9(2)6-5-7-10(11)12/h5,7,9H,3-4,6,8H2,1-2H3. The first-order valence-electron chi connectivity index (χ1n) is 4.73. The van der Waals surface area contributed by atoms with E-state index in [1.54, 1.807) is 6.08 Å². The van der Waals surface area contributed by atoms with Crippen LogP contribution in [0, 0.1) is 0 Å². The van der Waals surface area contributed by atoms with Crippen LogP contribution in [0.3, 0.4) is 0 Å². The van der Waals surface area contributed by atoms with Gasteiger partial charge in [-0.25, -0.2) is 0 Å². The Morgan fingerprint density at radius 2 is 2.42 bits per heavy atom. The van der Waals surface area contributed by atoms with Crippen LogP contribution in [0.1, 0.15) is 33.1 Å². The monoisotopic (exact) mass is 167 g/mol. The van der Waals surface area contributed by atoms with E-state index in [1.165, 1.54) is 0 Å². The zero-order chi connectivity index (χ0) is 8.97. The van der Waals surface area contributed by atoms with Gasteiger partial charge in [-0.3, -0.25) is 4.79 Å². The molecular weight excluding hydrogens is 150 g/mol. The maximum absolute atomic E-state index is 11.3. The third-order valence-electron chi connectivity index (χ3n) is 2.31. The molecule has 0 N–H and O–H groups in total. The molecule has 0 aromatic heterocycles. The van der Waals surface area contributed by atoms with Gasteiger partial charge < -0.3 is 4.90 Å². The van der Waals surface area contributed by atoms with Gasteiger partial charge in [-0.05, 0) is 25.8 Å². The average molecular weight is 167 g/mol. The highest BCUT2D eigenvalue weighted by Crippen LogP contribution is 2.12. The van der Waals surface area contributed by atoms with Crippen LogP contribution in [-0.4, -0.2) is 23.4 Å². The molecule has 1 rings (SSSR count). The summed E-state index contributed by atoms with van der Waals surface area (Å²) in [6.45, 7) is 5.17. The van der Waals surface area contributed by atoms with Crippen molar-refractivity contribution in [1.29, 1.82) is 0 Å². The van der Waals surface area contributed by atoms with E-state index in [-0.39, 0.29) is 5.91 Å². The average Bonchev–Trinajstić information content (AvgIpc) is 2.04. The second-order valence-electron chi connectivity index (χ2n) is 3.37. The maximum Gasteiger partial charge on any atom is 0.246 e. The van der Waals surface area contributed by atoms with Crippen molar-refractivity contribution >= 4 is 5.91 Å². The number of unbranched alkanes of at least 4 members (excludes halogenated alkanes) is 1. The van der Waals surface area contributed by atoms with Crippen molar-refractivity contribution in [2.24, 2.45) is 0 Å².